The van der Waals surface area contributed by atoms with Crippen molar-refractivity contribution < 1.29 is 4.39 Å². The average molecular weight is 305 g/mol. The molecule has 0 saturated carbocycles. The third-order valence-corrected chi connectivity index (χ3v) is 3.88. The summed E-state index contributed by atoms with van der Waals surface area (Å²) in [4.78, 5) is 6.17. The van der Waals surface area contributed by atoms with Crippen molar-refractivity contribution in [1.82, 2.24) is 10.3 Å². The van der Waals surface area contributed by atoms with Gasteiger partial charge >= 0.3 is 0 Å². The number of aromatic nitrogens is 1. The molecule has 0 bridgehead atoms. The van der Waals surface area contributed by atoms with Crippen LogP contribution in [0.25, 0.3) is 10.9 Å². The zero-order chi connectivity index (χ0) is 15.0. The standard InChI is InChI=1S/C15H14ClFN4/c1-9-8-21(3-2-19-9)15-10(6-18)7-20-14-12(15)4-11(16)5-13(14)17/h4-5,7,9,19H,2-3,8H2,1H3/t9-/m1/s1. The Morgan fingerprint density at radius 1 is 1.52 bits per heavy atom. The third kappa shape index (κ3) is 2.53. The zero-order valence-electron chi connectivity index (χ0n) is 11.5. The molecular formula is C15H14ClFN4. The number of hydrogen-bond donors (Lipinski definition) is 1. The Balaban J connectivity index is 2.25. The number of anilines is 1. The second-order valence-corrected chi connectivity index (χ2v) is 5.65. The van der Waals surface area contributed by atoms with E-state index in [1.165, 1.54) is 12.3 Å². The predicted octanol–water partition coefficient (Wildman–Crippen LogP) is 2.70. The summed E-state index contributed by atoms with van der Waals surface area (Å²) in [6.45, 7) is 4.41. The molecule has 1 atom stereocenters. The van der Waals surface area contributed by atoms with Crippen molar-refractivity contribution in [2.45, 2.75) is 13.0 Å². The van der Waals surface area contributed by atoms with Crippen LogP contribution < -0.4 is 10.2 Å². The number of nitrogens with one attached hydrogen (secondary N) is 1. The first kappa shape index (κ1) is 14.1. The number of halogens is 2. The summed E-state index contributed by atoms with van der Waals surface area (Å²) in [7, 11) is 0. The highest BCUT2D eigenvalue weighted by Crippen LogP contribution is 2.33. The second kappa shape index (κ2) is 5.47. The molecule has 0 radical (unpaired) electrons. The molecule has 2 aromatic rings. The van der Waals surface area contributed by atoms with Crippen LogP contribution in [-0.2, 0) is 0 Å². The Bertz CT molecular complexity index is 741. The predicted molar refractivity (Wildman–Crippen MR) is 81.1 cm³/mol. The van der Waals surface area contributed by atoms with E-state index < -0.39 is 5.82 Å². The third-order valence-electron chi connectivity index (χ3n) is 3.67. The van der Waals surface area contributed by atoms with E-state index in [9.17, 15) is 9.65 Å². The molecule has 1 aliphatic rings. The van der Waals surface area contributed by atoms with E-state index in [1.54, 1.807) is 6.07 Å². The summed E-state index contributed by atoms with van der Waals surface area (Å²) in [5.41, 5.74) is 1.41. The van der Waals surface area contributed by atoms with Gasteiger partial charge in [0.2, 0.25) is 0 Å². The molecule has 3 rings (SSSR count). The Morgan fingerprint density at radius 3 is 3.05 bits per heavy atom. The van der Waals surface area contributed by atoms with Gasteiger partial charge in [0.05, 0.1) is 11.3 Å². The molecule has 108 valence electrons. The number of fused-ring (bicyclic) bond motifs is 1. The minimum atomic E-state index is -0.466. The summed E-state index contributed by atoms with van der Waals surface area (Å²) in [5.74, 6) is -0.466. The van der Waals surface area contributed by atoms with Crippen LogP contribution in [0.2, 0.25) is 5.02 Å². The molecule has 0 unspecified atom stereocenters. The Kier molecular flexibility index (Phi) is 3.66. The van der Waals surface area contributed by atoms with Crippen molar-refractivity contribution in [2.24, 2.45) is 0 Å². The first-order valence-corrected chi connectivity index (χ1v) is 7.14. The van der Waals surface area contributed by atoms with Crippen LogP contribution in [0.5, 0.6) is 0 Å². The lowest BCUT2D eigenvalue weighted by Crippen LogP contribution is -2.49. The fourth-order valence-electron chi connectivity index (χ4n) is 2.77. The number of rotatable bonds is 1. The molecule has 0 amide bonds. The molecule has 2 heterocycles. The SMILES string of the molecule is C[C@@H]1CN(c2c(C#N)cnc3c(F)cc(Cl)cc23)CCN1. The van der Waals surface area contributed by atoms with E-state index in [0.29, 0.717) is 22.0 Å². The maximum Gasteiger partial charge on any atom is 0.150 e. The molecule has 1 fully saturated rings. The van der Waals surface area contributed by atoms with Crippen LogP contribution in [0.1, 0.15) is 12.5 Å². The molecule has 1 aromatic carbocycles. The normalized spacial score (nSPS) is 18.8. The van der Waals surface area contributed by atoms with Gasteiger partial charge in [-0.15, -0.1) is 0 Å². The minimum absolute atomic E-state index is 0.250. The monoisotopic (exact) mass is 304 g/mol. The lowest BCUT2D eigenvalue weighted by Gasteiger charge is -2.34. The van der Waals surface area contributed by atoms with Crippen molar-refractivity contribution in [3.8, 4) is 6.07 Å². The number of nitrogens with zero attached hydrogens (tertiary/aromatic N) is 3. The van der Waals surface area contributed by atoms with Crippen molar-refractivity contribution in [1.29, 1.82) is 5.26 Å². The molecular weight excluding hydrogens is 291 g/mol. The molecule has 1 aromatic heterocycles. The van der Waals surface area contributed by atoms with Gasteiger partial charge in [0.1, 0.15) is 11.6 Å². The van der Waals surface area contributed by atoms with Gasteiger partial charge in [0, 0.05) is 42.3 Å². The van der Waals surface area contributed by atoms with Gasteiger partial charge in [0.25, 0.3) is 0 Å². The molecule has 4 nitrogen and oxygen atoms in total. The summed E-state index contributed by atoms with van der Waals surface area (Å²) >= 11 is 5.98. The Hall–Kier alpha value is -1.90. The van der Waals surface area contributed by atoms with Crippen LogP contribution in [-0.4, -0.2) is 30.7 Å². The minimum Gasteiger partial charge on any atom is -0.367 e. The summed E-state index contributed by atoms with van der Waals surface area (Å²) in [5, 5.41) is 13.6. The number of hydrogen-bond acceptors (Lipinski definition) is 4. The topological polar surface area (TPSA) is 52.0 Å². The highest BCUT2D eigenvalue weighted by molar-refractivity contribution is 6.31. The van der Waals surface area contributed by atoms with E-state index in [1.807, 2.05) is 0 Å². The molecule has 0 aliphatic carbocycles. The van der Waals surface area contributed by atoms with Crippen LogP contribution in [0, 0.1) is 17.1 Å². The second-order valence-electron chi connectivity index (χ2n) is 5.22. The van der Waals surface area contributed by atoms with Gasteiger partial charge in [-0.05, 0) is 19.1 Å². The van der Waals surface area contributed by atoms with Crippen molar-refractivity contribution in [3.63, 3.8) is 0 Å². The van der Waals surface area contributed by atoms with Crippen LogP contribution in [0.4, 0.5) is 10.1 Å². The number of nitriles is 1. The van der Waals surface area contributed by atoms with Crippen LogP contribution in [0.3, 0.4) is 0 Å². The van der Waals surface area contributed by atoms with Gasteiger partial charge in [-0.3, -0.25) is 4.98 Å². The summed E-state index contributed by atoms with van der Waals surface area (Å²) in [6, 6.07) is 5.37. The highest BCUT2D eigenvalue weighted by atomic mass is 35.5. The Labute approximate surface area is 127 Å². The molecule has 1 saturated heterocycles. The molecule has 1 N–H and O–H groups in total. The first-order valence-electron chi connectivity index (χ1n) is 6.76. The lowest BCUT2D eigenvalue weighted by molar-refractivity contribution is 0.485. The quantitative estimate of drug-likeness (QED) is 0.880. The largest absolute Gasteiger partial charge is 0.367 e. The maximum atomic E-state index is 14.0. The molecule has 1 aliphatic heterocycles. The molecule has 21 heavy (non-hydrogen) atoms. The Morgan fingerprint density at radius 2 is 2.33 bits per heavy atom. The highest BCUT2D eigenvalue weighted by Gasteiger charge is 2.22. The van der Waals surface area contributed by atoms with E-state index >= 15 is 0 Å². The van der Waals surface area contributed by atoms with Gasteiger partial charge in [-0.25, -0.2) is 4.39 Å². The lowest BCUT2D eigenvalue weighted by atomic mass is 10.1. The van der Waals surface area contributed by atoms with Crippen molar-refractivity contribution >= 4 is 28.2 Å². The van der Waals surface area contributed by atoms with E-state index in [-0.39, 0.29) is 5.52 Å². The smallest absolute Gasteiger partial charge is 0.150 e. The van der Waals surface area contributed by atoms with E-state index in [0.717, 1.165) is 25.3 Å². The fraction of sp³-hybridized carbons (Fsp3) is 0.333. The van der Waals surface area contributed by atoms with Gasteiger partial charge < -0.3 is 10.2 Å². The van der Waals surface area contributed by atoms with Crippen molar-refractivity contribution in [2.75, 3.05) is 24.5 Å². The van der Waals surface area contributed by atoms with E-state index in [2.05, 4.69) is 28.2 Å². The van der Waals surface area contributed by atoms with Crippen LogP contribution >= 0.6 is 11.6 Å². The number of pyridine rings is 1. The average Bonchev–Trinajstić information content (AvgIpc) is 2.45. The van der Waals surface area contributed by atoms with Gasteiger partial charge in [-0.1, -0.05) is 11.6 Å². The fourth-order valence-corrected chi connectivity index (χ4v) is 2.98. The molecule has 6 heteroatoms. The summed E-state index contributed by atoms with van der Waals surface area (Å²) < 4.78 is 14.0. The van der Waals surface area contributed by atoms with Gasteiger partial charge in [-0.2, -0.15) is 5.26 Å². The maximum absolute atomic E-state index is 14.0. The number of piperazine rings is 1. The molecule has 0 spiro atoms. The zero-order valence-corrected chi connectivity index (χ0v) is 12.3. The van der Waals surface area contributed by atoms with E-state index in [4.69, 9.17) is 11.6 Å². The van der Waals surface area contributed by atoms with Crippen molar-refractivity contribution in [3.05, 3.63) is 34.7 Å². The van der Waals surface area contributed by atoms with Gasteiger partial charge in [0.15, 0.2) is 5.82 Å². The van der Waals surface area contributed by atoms with Crippen LogP contribution in [0.15, 0.2) is 18.3 Å². The first-order chi connectivity index (χ1) is 10.1. The number of benzene rings is 1. The summed E-state index contributed by atoms with van der Waals surface area (Å²) in [6.07, 6.45) is 1.43.